The average Bonchev–Trinajstić information content (AvgIpc) is 3.13. The van der Waals surface area contributed by atoms with Gasteiger partial charge in [0.05, 0.1) is 7.11 Å². The first-order valence-corrected chi connectivity index (χ1v) is 8.37. The Morgan fingerprint density at radius 1 is 1.08 bits per heavy atom. The molecule has 0 aliphatic rings. The van der Waals surface area contributed by atoms with E-state index in [2.05, 4.69) is 5.32 Å². The Morgan fingerprint density at radius 3 is 2.62 bits per heavy atom. The van der Waals surface area contributed by atoms with E-state index in [9.17, 15) is 4.79 Å². The van der Waals surface area contributed by atoms with Crippen molar-refractivity contribution in [2.45, 2.75) is 13.5 Å². The standard InChI is InChI=1S/C20H18ClNO4/c1-13-15(21)6-5-7-16(13)22-20(23)19-11-10-14(26-19)12-25-18-9-4-3-8-17(18)24-2/h3-11H,12H2,1-2H3,(H,22,23). The Bertz CT molecular complexity index is 920. The fourth-order valence-corrected chi connectivity index (χ4v) is 2.57. The van der Waals surface area contributed by atoms with Crippen LogP contribution in [-0.2, 0) is 6.61 Å². The topological polar surface area (TPSA) is 60.7 Å². The van der Waals surface area contributed by atoms with Gasteiger partial charge in [-0.05, 0) is 48.9 Å². The smallest absolute Gasteiger partial charge is 0.291 e. The molecule has 0 radical (unpaired) electrons. The van der Waals surface area contributed by atoms with E-state index in [-0.39, 0.29) is 18.3 Å². The van der Waals surface area contributed by atoms with Crippen molar-refractivity contribution in [2.24, 2.45) is 0 Å². The van der Waals surface area contributed by atoms with E-state index in [0.29, 0.717) is 28.0 Å². The molecule has 1 aromatic heterocycles. The minimum atomic E-state index is -0.348. The van der Waals surface area contributed by atoms with Crippen LogP contribution in [0.2, 0.25) is 5.02 Å². The van der Waals surface area contributed by atoms with Crippen LogP contribution in [0.3, 0.4) is 0 Å². The van der Waals surface area contributed by atoms with Crippen LogP contribution in [0.25, 0.3) is 0 Å². The van der Waals surface area contributed by atoms with Crippen molar-refractivity contribution < 1.29 is 18.7 Å². The van der Waals surface area contributed by atoms with Crippen molar-refractivity contribution in [1.29, 1.82) is 0 Å². The molecule has 26 heavy (non-hydrogen) atoms. The highest BCUT2D eigenvalue weighted by Crippen LogP contribution is 2.27. The van der Waals surface area contributed by atoms with Gasteiger partial charge < -0.3 is 19.2 Å². The zero-order chi connectivity index (χ0) is 18.5. The first-order chi connectivity index (χ1) is 12.6. The van der Waals surface area contributed by atoms with E-state index in [1.54, 1.807) is 43.5 Å². The maximum Gasteiger partial charge on any atom is 0.291 e. The number of carbonyl (C=O) groups excluding carboxylic acids is 1. The van der Waals surface area contributed by atoms with E-state index in [4.69, 9.17) is 25.5 Å². The number of ether oxygens (including phenoxy) is 2. The maximum absolute atomic E-state index is 12.4. The van der Waals surface area contributed by atoms with Crippen molar-refractivity contribution in [3.05, 3.63) is 76.7 Å². The van der Waals surface area contributed by atoms with Crippen LogP contribution >= 0.6 is 11.6 Å². The van der Waals surface area contributed by atoms with Crippen LogP contribution in [0.15, 0.2) is 59.0 Å². The molecule has 3 rings (SSSR count). The van der Waals surface area contributed by atoms with Crippen molar-refractivity contribution in [1.82, 2.24) is 0 Å². The summed E-state index contributed by atoms with van der Waals surface area (Å²) >= 11 is 6.07. The molecule has 0 unspecified atom stereocenters. The number of furan rings is 1. The molecule has 0 bridgehead atoms. The third-order valence-corrected chi connectivity index (χ3v) is 4.25. The minimum absolute atomic E-state index is 0.184. The summed E-state index contributed by atoms with van der Waals surface area (Å²) in [5, 5.41) is 3.39. The highest BCUT2D eigenvalue weighted by Gasteiger charge is 2.14. The van der Waals surface area contributed by atoms with Gasteiger partial charge in [-0.3, -0.25) is 4.79 Å². The molecule has 1 amide bonds. The minimum Gasteiger partial charge on any atom is -0.493 e. The van der Waals surface area contributed by atoms with Crippen LogP contribution in [0.1, 0.15) is 21.9 Å². The van der Waals surface area contributed by atoms with E-state index < -0.39 is 0 Å². The first kappa shape index (κ1) is 17.9. The van der Waals surface area contributed by atoms with Crippen LogP contribution in [0, 0.1) is 6.92 Å². The molecule has 2 aromatic carbocycles. The Hall–Kier alpha value is -2.92. The lowest BCUT2D eigenvalue weighted by Crippen LogP contribution is -2.12. The number of benzene rings is 2. The molecule has 0 atom stereocenters. The zero-order valence-corrected chi connectivity index (χ0v) is 15.2. The molecule has 0 saturated carbocycles. The van der Waals surface area contributed by atoms with Gasteiger partial charge >= 0.3 is 0 Å². The Labute approximate surface area is 156 Å². The van der Waals surface area contributed by atoms with Crippen LogP contribution in [0.5, 0.6) is 11.5 Å². The van der Waals surface area contributed by atoms with Crippen molar-refractivity contribution in [3.8, 4) is 11.5 Å². The van der Waals surface area contributed by atoms with Crippen LogP contribution in [-0.4, -0.2) is 13.0 Å². The summed E-state index contributed by atoms with van der Waals surface area (Å²) < 4.78 is 16.5. The fraction of sp³-hybridized carbons (Fsp3) is 0.150. The number of methoxy groups -OCH3 is 1. The number of para-hydroxylation sites is 2. The molecule has 0 fully saturated rings. The first-order valence-electron chi connectivity index (χ1n) is 7.99. The summed E-state index contributed by atoms with van der Waals surface area (Å²) in [7, 11) is 1.58. The second-order valence-electron chi connectivity index (χ2n) is 5.57. The van der Waals surface area contributed by atoms with Gasteiger partial charge in [-0.25, -0.2) is 0 Å². The van der Waals surface area contributed by atoms with Gasteiger partial charge in [0.25, 0.3) is 5.91 Å². The molecule has 1 heterocycles. The molecule has 134 valence electrons. The van der Waals surface area contributed by atoms with Crippen LogP contribution in [0.4, 0.5) is 5.69 Å². The third-order valence-electron chi connectivity index (χ3n) is 3.84. The number of halogens is 1. The predicted molar refractivity (Wildman–Crippen MR) is 100 cm³/mol. The van der Waals surface area contributed by atoms with Gasteiger partial charge in [-0.1, -0.05) is 29.8 Å². The number of carbonyl (C=O) groups is 1. The largest absolute Gasteiger partial charge is 0.493 e. The number of amides is 1. The molecule has 0 saturated heterocycles. The Kier molecular flexibility index (Phi) is 5.49. The molecule has 0 spiro atoms. The summed E-state index contributed by atoms with van der Waals surface area (Å²) in [6.45, 7) is 2.02. The lowest BCUT2D eigenvalue weighted by Gasteiger charge is -2.09. The quantitative estimate of drug-likeness (QED) is 0.656. The average molecular weight is 372 g/mol. The molecular weight excluding hydrogens is 354 g/mol. The van der Waals surface area contributed by atoms with Crippen molar-refractivity contribution >= 4 is 23.2 Å². The van der Waals surface area contributed by atoms with Gasteiger partial charge in [-0.15, -0.1) is 0 Å². The second-order valence-corrected chi connectivity index (χ2v) is 5.98. The highest BCUT2D eigenvalue weighted by atomic mass is 35.5. The van der Waals surface area contributed by atoms with Crippen molar-refractivity contribution in [2.75, 3.05) is 12.4 Å². The van der Waals surface area contributed by atoms with E-state index in [0.717, 1.165) is 5.56 Å². The monoisotopic (exact) mass is 371 g/mol. The van der Waals surface area contributed by atoms with E-state index >= 15 is 0 Å². The normalized spacial score (nSPS) is 10.4. The fourth-order valence-electron chi connectivity index (χ4n) is 2.39. The SMILES string of the molecule is COc1ccccc1OCc1ccc(C(=O)Nc2cccc(Cl)c2C)o1. The van der Waals surface area contributed by atoms with E-state index in [1.807, 2.05) is 25.1 Å². The third kappa shape index (κ3) is 4.00. The molecule has 5 nitrogen and oxygen atoms in total. The number of hydrogen-bond acceptors (Lipinski definition) is 4. The number of nitrogens with one attached hydrogen (secondary N) is 1. The van der Waals surface area contributed by atoms with Gasteiger partial charge in [0.1, 0.15) is 12.4 Å². The summed E-state index contributed by atoms with van der Waals surface area (Å²) in [6, 6.07) is 16.0. The lowest BCUT2D eigenvalue weighted by molar-refractivity contribution is 0.0992. The number of hydrogen-bond donors (Lipinski definition) is 1. The number of rotatable bonds is 6. The molecular formula is C20H18ClNO4. The number of anilines is 1. The molecule has 1 N–H and O–H groups in total. The molecule has 6 heteroatoms. The highest BCUT2D eigenvalue weighted by molar-refractivity contribution is 6.31. The van der Waals surface area contributed by atoms with Crippen LogP contribution < -0.4 is 14.8 Å². The summed E-state index contributed by atoms with van der Waals surface area (Å²) in [4.78, 5) is 12.4. The summed E-state index contributed by atoms with van der Waals surface area (Å²) in [6.07, 6.45) is 0. The van der Waals surface area contributed by atoms with Crippen molar-refractivity contribution in [3.63, 3.8) is 0 Å². The predicted octanol–water partition coefficient (Wildman–Crippen LogP) is 5.08. The molecule has 0 aliphatic carbocycles. The zero-order valence-electron chi connectivity index (χ0n) is 14.4. The Morgan fingerprint density at radius 2 is 1.85 bits per heavy atom. The molecule has 0 aliphatic heterocycles. The van der Waals surface area contributed by atoms with Gasteiger partial charge in [0.2, 0.25) is 0 Å². The summed E-state index contributed by atoms with van der Waals surface area (Å²) in [5.41, 5.74) is 1.44. The second kappa shape index (κ2) is 7.97. The van der Waals surface area contributed by atoms with Gasteiger partial charge in [0.15, 0.2) is 17.3 Å². The summed E-state index contributed by atoms with van der Waals surface area (Å²) in [5.74, 6) is 1.62. The molecule has 3 aromatic rings. The lowest BCUT2D eigenvalue weighted by atomic mass is 10.2. The Balaban J connectivity index is 1.65. The maximum atomic E-state index is 12.4. The van der Waals surface area contributed by atoms with Gasteiger partial charge in [-0.2, -0.15) is 0 Å². The van der Waals surface area contributed by atoms with E-state index in [1.165, 1.54) is 0 Å². The van der Waals surface area contributed by atoms with Gasteiger partial charge in [0, 0.05) is 10.7 Å².